The first-order valence-electron chi connectivity index (χ1n) is 10.1. The maximum Gasteiger partial charge on any atom is 0.178 e. The number of rotatable bonds is 3. The summed E-state index contributed by atoms with van der Waals surface area (Å²) in [4.78, 5) is 5.22. The molecule has 25 heavy (non-hydrogen) atoms. The summed E-state index contributed by atoms with van der Waals surface area (Å²) in [5.74, 6) is 4.74. The van der Waals surface area contributed by atoms with E-state index in [0.717, 1.165) is 48.3 Å². The van der Waals surface area contributed by atoms with Crippen LogP contribution in [0.15, 0.2) is 12.1 Å². The molecule has 4 aliphatic rings. The van der Waals surface area contributed by atoms with Gasteiger partial charge in [0.1, 0.15) is 5.82 Å². The molecule has 0 amide bonds. The molecule has 2 aromatic heterocycles. The van der Waals surface area contributed by atoms with Gasteiger partial charge in [-0.15, -0.1) is 15.3 Å². The zero-order chi connectivity index (χ0) is 16.4. The van der Waals surface area contributed by atoms with Gasteiger partial charge in [0.25, 0.3) is 0 Å². The summed E-state index contributed by atoms with van der Waals surface area (Å²) in [6.45, 7) is 4.55. The summed E-state index contributed by atoms with van der Waals surface area (Å²) >= 11 is 0. The zero-order valence-corrected chi connectivity index (χ0v) is 14.7. The monoisotopic (exact) mass is 338 g/mol. The molecular formula is C19H26N6. The standard InChI is InChI=1S/C19H26N6/c1-2-15-11-13(1)12-16(15)23-7-9-24(10-8-23)18-6-5-17-20-21-19(14-3-4-14)25(17)22-18/h5-6,13-16H,1-4,7-12H2. The second-order valence-electron chi connectivity index (χ2n) is 8.56. The van der Waals surface area contributed by atoms with Crippen LogP contribution in [-0.2, 0) is 0 Å². The highest BCUT2D eigenvalue weighted by Crippen LogP contribution is 2.46. The van der Waals surface area contributed by atoms with E-state index < -0.39 is 0 Å². The fourth-order valence-corrected chi connectivity index (χ4v) is 5.50. The second-order valence-corrected chi connectivity index (χ2v) is 8.56. The van der Waals surface area contributed by atoms with E-state index in [1.807, 2.05) is 4.52 Å². The Hall–Kier alpha value is -1.69. The van der Waals surface area contributed by atoms with Gasteiger partial charge in [0.15, 0.2) is 11.5 Å². The number of fused-ring (bicyclic) bond motifs is 3. The highest BCUT2D eigenvalue weighted by molar-refractivity contribution is 5.46. The average Bonchev–Trinajstić information content (AvgIpc) is 3.09. The van der Waals surface area contributed by atoms with Crippen molar-refractivity contribution in [3.63, 3.8) is 0 Å². The van der Waals surface area contributed by atoms with Crippen LogP contribution in [-0.4, -0.2) is 56.9 Å². The normalized spacial score (nSPS) is 32.8. The van der Waals surface area contributed by atoms with Crippen LogP contribution in [0.4, 0.5) is 5.82 Å². The third-order valence-corrected chi connectivity index (χ3v) is 7.02. The number of hydrogen-bond acceptors (Lipinski definition) is 5. The van der Waals surface area contributed by atoms with Crippen LogP contribution in [0.1, 0.15) is 50.3 Å². The quantitative estimate of drug-likeness (QED) is 0.859. The molecule has 2 aromatic rings. The van der Waals surface area contributed by atoms with Crippen LogP contribution in [0.3, 0.4) is 0 Å². The molecule has 0 N–H and O–H groups in total. The molecule has 3 unspecified atom stereocenters. The smallest absolute Gasteiger partial charge is 0.178 e. The maximum absolute atomic E-state index is 4.88. The van der Waals surface area contributed by atoms with E-state index in [1.165, 1.54) is 51.6 Å². The van der Waals surface area contributed by atoms with Crippen molar-refractivity contribution in [1.82, 2.24) is 24.7 Å². The fraction of sp³-hybridized carbons (Fsp3) is 0.737. The minimum atomic E-state index is 0.576. The molecule has 3 atom stereocenters. The minimum Gasteiger partial charge on any atom is -0.353 e. The van der Waals surface area contributed by atoms with Gasteiger partial charge in [-0.3, -0.25) is 4.90 Å². The minimum absolute atomic E-state index is 0.576. The Balaban J connectivity index is 1.18. The van der Waals surface area contributed by atoms with Crippen LogP contribution < -0.4 is 4.90 Å². The molecule has 3 aliphatic carbocycles. The Morgan fingerprint density at radius 2 is 1.76 bits per heavy atom. The number of nitrogens with zero attached hydrogens (tertiary/aromatic N) is 6. The fourth-order valence-electron chi connectivity index (χ4n) is 5.50. The van der Waals surface area contributed by atoms with Gasteiger partial charge >= 0.3 is 0 Å². The van der Waals surface area contributed by atoms with Gasteiger partial charge in [-0.1, -0.05) is 6.42 Å². The number of piperazine rings is 1. The summed E-state index contributed by atoms with van der Waals surface area (Å²) in [6, 6.07) is 5.06. The van der Waals surface area contributed by atoms with Crippen molar-refractivity contribution >= 4 is 11.5 Å². The molecule has 6 heteroatoms. The molecule has 132 valence electrons. The molecular weight excluding hydrogens is 312 g/mol. The maximum atomic E-state index is 4.88. The molecule has 1 saturated heterocycles. The van der Waals surface area contributed by atoms with E-state index in [0.29, 0.717) is 5.92 Å². The average molecular weight is 338 g/mol. The van der Waals surface area contributed by atoms with Crippen LogP contribution in [0, 0.1) is 11.8 Å². The number of hydrogen-bond donors (Lipinski definition) is 0. The topological polar surface area (TPSA) is 49.6 Å². The highest BCUT2D eigenvalue weighted by Gasteiger charge is 2.42. The van der Waals surface area contributed by atoms with Crippen molar-refractivity contribution in [2.75, 3.05) is 31.1 Å². The Kier molecular flexibility index (Phi) is 3.13. The van der Waals surface area contributed by atoms with Gasteiger partial charge in [-0.2, -0.15) is 4.52 Å². The molecule has 3 saturated carbocycles. The number of aromatic nitrogens is 4. The lowest BCUT2D eigenvalue weighted by molar-refractivity contribution is 0.134. The van der Waals surface area contributed by atoms with Crippen molar-refractivity contribution < 1.29 is 0 Å². The Morgan fingerprint density at radius 3 is 2.48 bits per heavy atom. The summed E-state index contributed by atoms with van der Waals surface area (Å²) in [7, 11) is 0. The first-order chi connectivity index (χ1) is 12.3. The van der Waals surface area contributed by atoms with E-state index >= 15 is 0 Å². The van der Waals surface area contributed by atoms with E-state index in [-0.39, 0.29) is 0 Å². The van der Waals surface area contributed by atoms with Crippen molar-refractivity contribution in [3.05, 3.63) is 18.0 Å². The van der Waals surface area contributed by atoms with Gasteiger partial charge in [-0.05, 0) is 56.1 Å². The summed E-state index contributed by atoms with van der Waals surface area (Å²) in [5, 5.41) is 13.5. The van der Waals surface area contributed by atoms with Crippen molar-refractivity contribution in [2.45, 2.75) is 50.5 Å². The summed E-state index contributed by atoms with van der Waals surface area (Å²) in [6.07, 6.45) is 8.39. The van der Waals surface area contributed by atoms with Crippen LogP contribution in [0.2, 0.25) is 0 Å². The third-order valence-electron chi connectivity index (χ3n) is 7.02. The first-order valence-corrected chi connectivity index (χ1v) is 10.1. The lowest BCUT2D eigenvalue weighted by atomic mass is 9.93. The SMILES string of the molecule is c1cc2nnc(C3CC3)n2nc1N1CCN(C2CC3CCC2C3)CC1. The van der Waals surface area contributed by atoms with Gasteiger partial charge in [0.05, 0.1) is 0 Å². The van der Waals surface area contributed by atoms with Gasteiger partial charge in [-0.25, -0.2) is 0 Å². The molecule has 1 aliphatic heterocycles. The molecule has 0 aromatic carbocycles. The molecule has 6 nitrogen and oxygen atoms in total. The van der Waals surface area contributed by atoms with E-state index in [4.69, 9.17) is 5.10 Å². The van der Waals surface area contributed by atoms with Crippen LogP contribution in [0.5, 0.6) is 0 Å². The van der Waals surface area contributed by atoms with Crippen molar-refractivity contribution in [3.8, 4) is 0 Å². The molecule has 4 fully saturated rings. The van der Waals surface area contributed by atoms with Crippen LogP contribution in [0.25, 0.3) is 5.65 Å². The zero-order valence-electron chi connectivity index (χ0n) is 14.7. The van der Waals surface area contributed by atoms with Gasteiger partial charge < -0.3 is 4.90 Å². The largest absolute Gasteiger partial charge is 0.353 e. The molecule has 0 radical (unpaired) electrons. The van der Waals surface area contributed by atoms with Gasteiger partial charge in [0.2, 0.25) is 0 Å². The van der Waals surface area contributed by atoms with E-state index in [1.54, 1.807) is 0 Å². The lowest BCUT2D eigenvalue weighted by Gasteiger charge is -2.41. The summed E-state index contributed by atoms with van der Waals surface area (Å²) < 4.78 is 1.98. The molecule has 6 rings (SSSR count). The van der Waals surface area contributed by atoms with E-state index in [9.17, 15) is 0 Å². The number of anilines is 1. The van der Waals surface area contributed by atoms with Crippen LogP contribution >= 0.6 is 0 Å². The first kappa shape index (κ1) is 14.5. The molecule has 0 spiro atoms. The predicted octanol–water partition coefficient (Wildman–Crippen LogP) is 2.31. The van der Waals surface area contributed by atoms with Crippen molar-refractivity contribution in [2.24, 2.45) is 11.8 Å². The van der Waals surface area contributed by atoms with E-state index in [2.05, 4.69) is 32.1 Å². The second kappa shape index (κ2) is 5.40. The van der Waals surface area contributed by atoms with Crippen molar-refractivity contribution in [1.29, 1.82) is 0 Å². The highest BCUT2D eigenvalue weighted by atomic mass is 15.4. The molecule has 3 heterocycles. The predicted molar refractivity (Wildman–Crippen MR) is 95.8 cm³/mol. The molecule has 2 bridgehead atoms. The Bertz CT molecular complexity index is 788. The Morgan fingerprint density at radius 1 is 0.880 bits per heavy atom. The lowest BCUT2D eigenvalue weighted by Crippen LogP contribution is -2.52. The third kappa shape index (κ3) is 2.37. The summed E-state index contributed by atoms with van der Waals surface area (Å²) in [5.41, 5.74) is 0.881. The van der Waals surface area contributed by atoms with Gasteiger partial charge in [0, 0.05) is 38.1 Å². The Labute approximate surface area is 148 Å².